The Bertz CT molecular complexity index is 817. The second-order valence-electron chi connectivity index (χ2n) is 5.33. The third kappa shape index (κ3) is 3.62. The first kappa shape index (κ1) is 14.9. The van der Waals surface area contributed by atoms with Gasteiger partial charge < -0.3 is 5.32 Å². The lowest BCUT2D eigenvalue weighted by atomic mass is 10.1. The monoisotopic (exact) mass is 303 g/mol. The van der Waals surface area contributed by atoms with E-state index in [1.165, 1.54) is 0 Å². The lowest BCUT2D eigenvalue weighted by Gasteiger charge is -2.15. The van der Waals surface area contributed by atoms with Crippen molar-refractivity contribution in [3.63, 3.8) is 0 Å². The van der Waals surface area contributed by atoms with Crippen LogP contribution in [-0.2, 0) is 6.54 Å². The van der Waals surface area contributed by atoms with Gasteiger partial charge in [0.25, 0.3) is 0 Å². The van der Waals surface area contributed by atoms with E-state index in [1.807, 2.05) is 47.2 Å². The van der Waals surface area contributed by atoms with Gasteiger partial charge in [-0.05, 0) is 42.3 Å². The zero-order valence-corrected chi connectivity index (χ0v) is 12.8. The smallest absolute Gasteiger partial charge is 0.138 e. The standard InChI is InChI=1S/C18H17N5/c1-14(17-4-2-3-15(9-17)11-19)22-12-16-5-6-21-18(10-16)23-8-7-20-13-23/h2-10,13-14,22H,12H2,1H3/t14-/m1/s1. The van der Waals surface area contributed by atoms with Crippen LogP contribution in [0, 0.1) is 11.3 Å². The first-order valence-corrected chi connectivity index (χ1v) is 7.43. The highest BCUT2D eigenvalue weighted by Gasteiger charge is 2.06. The minimum absolute atomic E-state index is 0.160. The number of benzene rings is 1. The van der Waals surface area contributed by atoms with Gasteiger partial charge in [0.15, 0.2) is 0 Å². The fourth-order valence-corrected chi connectivity index (χ4v) is 2.37. The number of nitriles is 1. The summed E-state index contributed by atoms with van der Waals surface area (Å²) >= 11 is 0. The van der Waals surface area contributed by atoms with E-state index < -0.39 is 0 Å². The molecule has 0 fully saturated rings. The van der Waals surface area contributed by atoms with Crippen LogP contribution in [0.4, 0.5) is 0 Å². The van der Waals surface area contributed by atoms with Gasteiger partial charge in [-0.25, -0.2) is 9.97 Å². The Morgan fingerprint density at radius 3 is 2.96 bits per heavy atom. The van der Waals surface area contributed by atoms with E-state index >= 15 is 0 Å². The van der Waals surface area contributed by atoms with E-state index in [-0.39, 0.29) is 6.04 Å². The van der Waals surface area contributed by atoms with Crippen LogP contribution in [0.5, 0.6) is 0 Å². The van der Waals surface area contributed by atoms with E-state index in [9.17, 15) is 0 Å². The predicted molar refractivity (Wildman–Crippen MR) is 87.8 cm³/mol. The highest BCUT2D eigenvalue weighted by Crippen LogP contribution is 2.15. The summed E-state index contributed by atoms with van der Waals surface area (Å²) in [4.78, 5) is 8.39. The van der Waals surface area contributed by atoms with Crippen LogP contribution in [0.3, 0.4) is 0 Å². The zero-order valence-electron chi connectivity index (χ0n) is 12.8. The van der Waals surface area contributed by atoms with E-state index in [2.05, 4.69) is 28.3 Å². The van der Waals surface area contributed by atoms with Crippen LogP contribution in [0.25, 0.3) is 5.82 Å². The molecule has 0 bridgehead atoms. The molecule has 2 heterocycles. The third-order valence-electron chi connectivity index (χ3n) is 3.71. The van der Waals surface area contributed by atoms with Crippen molar-refractivity contribution in [2.45, 2.75) is 19.5 Å². The van der Waals surface area contributed by atoms with E-state index in [0.717, 1.165) is 23.5 Å². The number of hydrogen-bond acceptors (Lipinski definition) is 4. The van der Waals surface area contributed by atoms with Gasteiger partial charge in [-0.3, -0.25) is 4.57 Å². The molecule has 5 heteroatoms. The number of imidazole rings is 1. The fourth-order valence-electron chi connectivity index (χ4n) is 2.37. The molecule has 1 aromatic carbocycles. The number of nitrogens with zero attached hydrogens (tertiary/aromatic N) is 4. The molecule has 5 nitrogen and oxygen atoms in total. The molecule has 1 N–H and O–H groups in total. The summed E-state index contributed by atoms with van der Waals surface area (Å²) in [6.45, 7) is 2.82. The van der Waals surface area contributed by atoms with Gasteiger partial charge in [0.05, 0.1) is 11.6 Å². The summed E-state index contributed by atoms with van der Waals surface area (Å²) < 4.78 is 1.88. The Hall–Kier alpha value is -2.97. The lowest BCUT2D eigenvalue weighted by molar-refractivity contribution is 0.574. The average molecular weight is 303 g/mol. The summed E-state index contributed by atoms with van der Waals surface area (Å²) in [7, 11) is 0. The quantitative estimate of drug-likeness (QED) is 0.787. The third-order valence-corrected chi connectivity index (χ3v) is 3.71. The fraction of sp³-hybridized carbons (Fsp3) is 0.167. The molecule has 1 atom stereocenters. The molecule has 3 rings (SSSR count). The van der Waals surface area contributed by atoms with Crippen LogP contribution >= 0.6 is 0 Å². The maximum atomic E-state index is 8.99. The lowest BCUT2D eigenvalue weighted by Crippen LogP contribution is -2.18. The minimum atomic E-state index is 0.160. The normalized spacial score (nSPS) is 11.8. The summed E-state index contributed by atoms with van der Waals surface area (Å²) in [5.74, 6) is 0.848. The number of rotatable bonds is 5. The van der Waals surface area contributed by atoms with Crippen LogP contribution in [0.2, 0.25) is 0 Å². The molecule has 2 aromatic heterocycles. The molecule has 0 aliphatic rings. The van der Waals surface area contributed by atoms with Crippen molar-refractivity contribution in [1.29, 1.82) is 5.26 Å². The molecule has 0 saturated carbocycles. The second-order valence-corrected chi connectivity index (χ2v) is 5.33. The molecule has 114 valence electrons. The van der Waals surface area contributed by atoms with Gasteiger partial charge in [0.1, 0.15) is 12.1 Å². The van der Waals surface area contributed by atoms with E-state index in [4.69, 9.17) is 5.26 Å². The first-order chi connectivity index (χ1) is 11.3. The van der Waals surface area contributed by atoms with Crippen LogP contribution in [0.15, 0.2) is 61.3 Å². The molecule has 0 spiro atoms. The van der Waals surface area contributed by atoms with Crippen LogP contribution < -0.4 is 5.32 Å². The van der Waals surface area contributed by atoms with Crippen molar-refractivity contribution in [2.75, 3.05) is 0 Å². The SMILES string of the molecule is C[C@@H](NCc1ccnc(-n2ccnc2)c1)c1cccc(C#N)c1. The van der Waals surface area contributed by atoms with Crippen molar-refractivity contribution in [2.24, 2.45) is 0 Å². The summed E-state index contributed by atoms with van der Waals surface area (Å²) in [5.41, 5.74) is 2.93. The second kappa shape index (κ2) is 6.86. The molecular formula is C18H17N5. The molecular weight excluding hydrogens is 286 g/mol. The van der Waals surface area contributed by atoms with Gasteiger partial charge in [0.2, 0.25) is 0 Å². The highest BCUT2D eigenvalue weighted by atomic mass is 15.1. The van der Waals surface area contributed by atoms with Crippen molar-refractivity contribution >= 4 is 0 Å². The molecule has 3 aromatic rings. The van der Waals surface area contributed by atoms with Gasteiger partial charge in [-0.2, -0.15) is 5.26 Å². The Balaban J connectivity index is 1.68. The van der Waals surface area contributed by atoms with Gasteiger partial charge >= 0.3 is 0 Å². The van der Waals surface area contributed by atoms with Gasteiger partial charge in [-0.1, -0.05) is 12.1 Å². The summed E-state index contributed by atoms with van der Waals surface area (Å²) in [6, 6.07) is 14.0. The molecule has 0 aliphatic heterocycles. The van der Waals surface area contributed by atoms with Gasteiger partial charge in [-0.15, -0.1) is 0 Å². The molecule has 0 aliphatic carbocycles. The van der Waals surface area contributed by atoms with E-state index in [1.54, 1.807) is 18.7 Å². The molecule has 0 amide bonds. The largest absolute Gasteiger partial charge is 0.306 e. The molecule has 0 unspecified atom stereocenters. The topological polar surface area (TPSA) is 66.5 Å². The summed E-state index contributed by atoms with van der Waals surface area (Å²) in [6.07, 6.45) is 7.13. The zero-order chi connectivity index (χ0) is 16.1. The Labute approximate surface area is 135 Å². The van der Waals surface area contributed by atoms with Crippen molar-refractivity contribution < 1.29 is 0 Å². The minimum Gasteiger partial charge on any atom is -0.306 e. The maximum Gasteiger partial charge on any atom is 0.138 e. The van der Waals surface area contributed by atoms with Crippen molar-refractivity contribution in [1.82, 2.24) is 19.9 Å². The number of nitrogens with one attached hydrogen (secondary N) is 1. The molecule has 0 radical (unpaired) electrons. The summed E-state index contributed by atoms with van der Waals surface area (Å²) in [5, 5.41) is 12.5. The van der Waals surface area contributed by atoms with Gasteiger partial charge in [0, 0.05) is 31.2 Å². The maximum absolute atomic E-state index is 8.99. The Morgan fingerprint density at radius 2 is 2.17 bits per heavy atom. The Kier molecular flexibility index (Phi) is 4.46. The van der Waals surface area contributed by atoms with E-state index in [0.29, 0.717) is 5.56 Å². The van der Waals surface area contributed by atoms with Crippen molar-refractivity contribution in [3.8, 4) is 11.9 Å². The van der Waals surface area contributed by atoms with Crippen LogP contribution in [-0.4, -0.2) is 14.5 Å². The first-order valence-electron chi connectivity index (χ1n) is 7.43. The number of pyridine rings is 1. The number of aromatic nitrogens is 3. The van der Waals surface area contributed by atoms with Crippen LogP contribution in [0.1, 0.15) is 29.7 Å². The predicted octanol–water partition coefficient (Wildman–Crippen LogP) is 2.99. The average Bonchev–Trinajstić information content (AvgIpc) is 3.14. The van der Waals surface area contributed by atoms with Crippen molar-refractivity contribution in [3.05, 3.63) is 78.0 Å². The molecule has 23 heavy (non-hydrogen) atoms. The highest BCUT2D eigenvalue weighted by molar-refractivity contribution is 5.34. The Morgan fingerprint density at radius 1 is 1.26 bits per heavy atom. The number of hydrogen-bond donors (Lipinski definition) is 1. The molecule has 0 saturated heterocycles.